The van der Waals surface area contributed by atoms with Crippen molar-refractivity contribution in [1.82, 2.24) is 25.2 Å². The van der Waals surface area contributed by atoms with Crippen LogP contribution < -0.4 is 15.0 Å². The maximum absolute atomic E-state index is 16.5. The molecule has 5 atom stereocenters. The van der Waals surface area contributed by atoms with Crippen molar-refractivity contribution in [2.45, 2.75) is 37.4 Å². The van der Waals surface area contributed by atoms with Gasteiger partial charge < -0.3 is 25.0 Å². The number of phenolic OH excluding ortho intramolecular Hbond substituents is 1. The van der Waals surface area contributed by atoms with Gasteiger partial charge in [-0.2, -0.15) is 9.97 Å². The van der Waals surface area contributed by atoms with E-state index in [2.05, 4.69) is 32.1 Å². The number of anilines is 1. The first kappa shape index (κ1) is 23.3. The maximum Gasteiger partial charge on any atom is 0.319 e. The van der Waals surface area contributed by atoms with E-state index < -0.39 is 5.82 Å². The van der Waals surface area contributed by atoms with Crippen molar-refractivity contribution >= 4 is 27.5 Å². The van der Waals surface area contributed by atoms with E-state index in [0.717, 1.165) is 55.1 Å². The van der Waals surface area contributed by atoms with Gasteiger partial charge in [-0.1, -0.05) is 24.3 Å². The number of hydrogen-bond acceptors (Lipinski definition) is 8. The van der Waals surface area contributed by atoms with Gasteiger partial charge in [0.2, 0.25) is 0 Å². The van der Waals surface area contributed by atoms with Crippen LogP contribution in [0, 0.1) is 17.7 Å². The first-order valence-corrected chi connectivity index (χ1v) is 14.0. The Morgan fingerprint density at radius 1 is 1.10 bits per heavy atom. The van der Waals surface area contributed by atoms with Crippen LogP contribution >= 0.6 is 0 Å². The Morgan fingerprint density at radius 2 is 1.92 bits per heavy atom. The Balaban J connectivity index is 1.25. The average Bonchev–Trinajstić information content (AvgIpc) is 3.59. The topological polar surface area (TPSA) is 86.6 Å². The number of hydrogen-bond donors (Lipinski definition) is 2. The number of piperazine rings is 1. The van der Waals surface area contributed by atoms with Gasteiger partial charge in [-0.15, -0.1) is 0 Å². The molecule has 1 saturated carbocycles. The van der Waals surface area contributed by atoms with Crippen LogP contribution in [0.2, 0.25) is 0 Å². The lowest BCUT2D eigenvalue weighted by Crippen LogP contribution is -2.54. The largest absolute Gasteiger partial charge is 0.508 e. The Labute approximate surface area is 225 Å². The van der Waals surface area contributed by atoms with Gasteiger partial charge in [0, 0.05) is 43.0 Å². The zero-order valence-electron chi connectivity index (χ0n) is 21.8. The average molecular weight is 527 g/mol. The molecule has 8 nitrogen and oxygen atoms in total. The van der Waals surface area contributed by atoms with E-state index in [4.69, 9.17) is 9.72 Å². The number of nitrogens with zero attached hydrogens (tertiary/aromatic N) is 5. The second kappa shape index (κ2) is 8.72. The van der Waals surface area contributed by atoms with Crippen LogP contribution in [0.5, 0.6) is 11.8 Å². The summed E-state index contributed by atoms with van der Waals surface area (Å²) < 4.78 is 22.6. The van der Waals surface area contributed by atoms with Crippen molar-refractivity contribution in [1.29, 1.82) is 0 Å². The van der Waals surface area contributed by atoms with Gasteiger partial charge in [0.05, 0.1) is 5.39 Å². The van der Waals surface area contributed by atoms with E-state index in [1.165, 1.54) is 6.42 Å². The van der Waals surface area contributed by atoms with Gasteiger partial charge in [-0.05, 0) is 67.6 Å². The minimum atomic E-state index is -0.532. The number of rotatable bonds is 5. The van der Waals surface area contributed by atoms with Gasteiger partial charge in [0.25, 0.3) is 0 Å². The molecule has 2 bridgehead atoms. The number of nitrogens with one attached hydrogen (secondary N) is 1. The number of halogens is 1. The summed E-state index contributed by atoms with van der Waals surface area (Å²) in [6.07, 6.45) is 5.19. The lowest BCUT2D eigenvalue weighted by atomic mass is 10.00. The monoisotopic (exact) mass is 526 g/mol. The SMILES string of the molecule is CN1CCC[C@H]1COc1nc(N2CC3NC(C2)C2CC32)c2cnc(-c3cc(O)cc4ccccc34)c(F)c2n1. The molecule has 4 fully saturated rings. The molecule has 2 N–H and O–H groups in total. The lowest BCUT2D eigenvalue weighted by Gasteiger charge is -2.36. The van der Waals surface area contributed by atoms with Crippen LogP contribution in [0.1, 0.15) is 19.3 Å². The van der Waals surface area contributed by atoms with Crippen molar-refractivity contribution in [3.63, 3.8) is 0 Å². The van der Waals surface area contributed by atoms with Crippen LogP contribution in [-0.2, 0) is 0 Å². The smallest absolute Gasteiger partial charge is 0.319 e. The zero-order valence-corrected chi connectivity index (χ0v) is 21.8. The third kappa shape index (κ3) is 3.82. The minimum absolute atomic E-state index is 0.0629. The summed E-state index contributed by atoms with van der Waals surface area (Å²) in [4.78, 5) is 18.6. The van der Waals surface area contributed by atoms with Crippen LogP contribution in [0.4, 0.5) is 10.2 Å². The van der Waals surface area contributed by atoms with Crippen molar-refractivity contribution < 1.29 is 14.2 Å². The highest BCUT2D eigenvalue weighted by atomic mass is 19.1. The minimum Gasteiger partial charge on any atom is -0.508 e. The number of ether oxygens (including phenoxy) is 1. The summed E-state index contributed by atoms with van der Waals surface area (Å²) in [5, 5.41) is 16.4. The number of pyridine rings is 1. The number of fused-ring (bicyclic) bond motifs is 7. The number of phenols is 1. The highest BCUT2D eigenvalue weighted by molar-refractivity contribution is 5.99. The molecule has 2 aromatic heterocycles. The zero-order chi connectivity index (χ0) is 26.2. The summed E-state index contributed by atoms with van der Waals surface area (Å²) in [6, 6.07) is 12.2. The molecule has 5 heterocycles. The molecule has 4 unspecified atom stereocenters. The Bertz CT molecular complexity index is 1600. The van der Waals surface area contributed by atoms with Crippen LogP contribution in [0.25, 0.3) is 32.9 Å². The van der Waals surface area contributed by atoms with Crippen molar-refractivity contribution in [3.8, 4) is 23.0 Å². The second-order valence-corrected chi connectivity index (χ2v) is 11.7. The number of aromatic nitrogens is 3. The summed E-state index contributed by atoms with van der Waals surface area (Å²) in [6.45, 7) is 3.17. The summed E-state index contributed by atoms with van der Waals surface area (Å²) in [5.74, 6) is 1.69. The third-order valence-electron chi connectivity index (χ3n) is 9.31. The van der Waals surface area contributed by atoms with E-state index in [-0.39, 0.29) is 23.0 Å². The predicted molar refractivity (Wildman–Crippen MR) is 148 cm³/mol. The fourth-order valence-corrected chi connectivity index (χ4v) is 7.15. The highest BCUT2D eigenvalue weighted by Crippen LogP contribution is 2.51. The third-order valence-corrected chi connectivity index (χ3v) is 9.31. The molecule has 2 aromatic carbocycles. The quantitative estimate of drug-likeness (QED) is 0.404. The van der Waals surface area contributed by atoms with Crippen molar-refractivity contribution in [2.24, 2.45) is 11.8 Å². The maximum atomic E-state index is 16.5. The van der Waals surface area contributed by atoms with Gasteiger partial charge in [-0.3, -0.25) is 4.98 Å². The van der Waals surface area contributed by atoms with E-state index in [1.54, 1.807) is 18.3 Å². The predicted octanol–water partition coefficient (Wildman–Crippen LogP) is 3.96. The van der Waals surface area contributed by atoms with Gasteiger partial charge in [0.1, 0.15) is 29.4 Å². The first-order chi connectivity index (χ1) is 19.0. The number of piperidine rings is 1. The molecule has 39 heavy (non-hydrogen) atoms. The molecule has 0 spiro atoms. The molecule has 4 aliphatic rings. The van der Waals surface area contributed by atoms with E-state index in [0.29, 0.717) is 41.5 Å². The Kier molecular flexibility index (Phi) is 5.22. The first-order valence-electron chi connectivity index (χ1n) is 14.0. The summed E-state index contributed by atoms with van der Waals surface area (Å²) in [7, 11) is 2.10. The Hall–Kier alpha value is -3.56. The standard InChI is InChI=1S/C30H31FN6O2/c1-36-8-4-6-17(36)15-39-30-34-28-23(29(35-30)37-13-24-20-11-21(20)25(14-37)33-24)12-32-27(26(28)31)22-10-18(38)9-16-5-2-3-7-19(16)22/h2-3,5,7,9-10,12,17,20-21,24-25,33,38H,4,6,8,11,13-15H2,1H3/t17-,20?,21?,24?,25?/m0/s1. The number of benzene rings is 2. The van der Waals surface area contributed by atoms with Gasteiger partial charge in [-0.25, -0.2) is 4.39 Å². The molecule has 8 rings (SSSR count). The van der Waals surface area contributed by atoms with Gasteiger partial charge in [0.15, 0.2) is 5.82 Å². The van der Waals surface area contributed by atoms with Gasteiger partial charge >= 0.3 is 6.01 Å². The lowest BCUT2D eigenvalue weighted by molar-refractivity contribution is 0.188. The molecule has 4 aromatic rings. The number of likely N-dealkylation sites (tertiary alicyclic amines) is 1. The molecule has 3 aliphatic heterocycles. The molecular weight excluding hydrogens is 495 g/mol. The number of aromatic hydroxyl groups is 1. The molecular formula is C30H31FN6O2. The van der Waals surface area contributed by atoms with E-state index >= 15 is 4.39 Å². The molecule has 0 amide bonds. The fourth-order valence-electron chi connectivity index (χ4n) is 7.15. The summed E-state index contributed by atoms with van der Waals surface area (Å²) in [5.41, 5.74) is 0.881. The fraction of sp³-hybridized carbons (Fsp3) is 0.433. The number of likely N-dealkylation sites (N-methyl/N-ethyl adjacent to an activating group) is 1. The molecule has 3 saturated heterocycles. The van der Waals surface area contributed by atoms with Crippen LogP contribution in [0.3, 0.4) is 0 Å². The van der Waals surface area contributed by atoms with E-state index in [9.17, 15) is 5.11 Å². The molecule has 200 valence electrons. The van der Waals surface area contributed by atoms with E-state index in [1.807, 2.05) is 24.3 Å². The summed E-state index contributed by atoms with van der Waals surface area (Å²) >= 11 is 0. The second-order valence-electron chi connectivity index (χ2n) is 11.7. The molecule has 1 aliphatic carbocycles. The molecule has 9 heteroatoms. The molecule has 0 radical (unpaired) electrons. The van der Waals surface area contributed by atoms with Crippen LogP contribution in [-0.4, -0.2) is 76.4 Å². The highest BCUT2D eigenvalue weighted by Gasteiger charge is 2.57. The van der Waals surface area contributed by atoms with Crippen LogP contribution in [0.15, 0.2) is 42.6 Å². The normalized spacial score (nSPS) is 27.8. The van der Waals surface area contributed by atoms with Crippen molar-refractivity contribution in [3.05, 3.63) is 48.4 Å². The van der Waals surface area contributed by atoms with Crippen molar-refractivity contribution in [2.75, 3.05) is 38.2 Å². The Morgan fingerprint density at radius 3 is 2.72 bits per heavy atom.